The first-order valence-corrected chi connectivity index (χ1v) is 6.46. The molecule has 0 spiro atoms. The number of nitrogens with zero attached hydrogens (tertiary/aromatic N) is 2. The summed E-state index contributed by atoms with van der Waals surface area (Å²) in [6.45, 7) is 7.00. The van der Waals surface area contributed by atoms with Gasteiger partial charge in [0, 0.05) is 32.2 Å². The van der Waals surface area contributed by atoms with Crippen molar-refractivity contribution in [1.82, 2.24) is 15.1 Å². The number of rotatable bonds is 4. The molecule has 0 aliphatic carbocycles. The zero-order valence-corrected chi connectivity index (χ0v) is 11.2. The topological polar surface area (TPSA) is 55.8 Å². The lowest BCUT2D eigenvalue weighted by atomic mass is 10.1. The first-order valence-electron chi connectivity index (χ1n) is 6.46. The highest BCUT2D eigenvalue weighted by atomic mass is 16.3. The van der Waals surface area contributed by atoms with Crippen LogP contribution in [0.1, 0.15) is 20.3 Å². The van der Waals surface area contributed by atoms with Gasteiger partial charge in [-0.15, -0.1) is 6.42 Å². The Labute approximate surface area is 109 Å². The second-order valence-electron chi connectivity index (χ2n) is 4.71. The Balaban J connectivity index is 2.50. The van der Waals surface area contributed by atoms with Gasteiger partial charge in [0.1, 0.15) is 0 Å². The molecule has 5 nitrogen and oxygen atoms in total. The number of nitrogens with one attached hydrogen (secondary N) is 1. The second kappa shape index (κ2) is 7.24. The molecule has 1 rings (SSSR count). The quantitative estimate of drug-likeness (QED) is 0.699. The summed E-state index contributed by atoms with van der Waals surface area (Å²) < 4.78 is 0. The van der Waals surface area contributed by atoms with Crippen LogP contribution in [0.4, 0.5) is 4.79 Å². The lowest BCUT2D eigenvalue weighted by Gasteiger charge is -2.41. The van der Waals surface area contributed by atoms with E-state index in [9.17, 15) is 9.90 Å². The van der Waals surface area contributed by atoms with Crippen LogP contribution < -0.4 is 5.32 Å². The van der Waals surface area contributed by atoms with Gasteiger partial charge in [-0.05, 0) is 13.3 Å². The van der Waals surface area contributed by atoms with Gasteiger partial charge >= 0.3 is 6.03 Å². The Morgan fingerprint density at radius 1 is 1.61 bits per heavy atom. The Hall–Kier alpha value is -1.25. The highest BCUT2D eigenvalue weighted by molar-refractivity contribution is 5.74. The lowest BCUT2D eigenvalue weighted by Crippen LogP contribution is -2.57. The first kappa shape index (κ1) is 14.8. The van der Waals surface area contributed by atoms with Crippen LogP contribution >= 0.6 is 0 Å². The third kappa shape index (κ3) is 4.21. The number of aliphatic hydroxyl groups is 1. The fraction of sp³-hybridized carbons (Fsp3) is 0.769. The Morgan fingerprint density at radius 2 is 2.33 bits per heavy atom. The van der Waals surface area contributed by atoms with E-state index in [0.29, 0.717) is 25.7 Å². The van der Waals surface area contributed by atoms with Gasteiger partial charge in [0.05, 0.1) is 12.6 Å². The van der Waals surface area contributed by atoms with E-state index in [1.807, 2.05) is 0 Å². The molecule has 2 amide bonds. The SMILES string of the molecule is C#CCNC(=O)N1CCN(C[C@H](C)O)[C@@H](CC)C1. The maximum atomic E-state index is 11.8. The third-order valence-corrected chi connectivity index (χ3v) is 3.20. The van der Waals surface area contributed by atoms with E-state index in [1.54, 1.807) is 11.8 Å². The minimum atomic E-state index is -0.333. The van der Waals surface area contributed by atoms with Crippen molar-refractivity contribution in [3.63, 3.8) is 0 Å². The number of carbonyl (C=O) groups is 1. The first-order chi connectivity index (χ1) is 8.58. The highest BCUT2D eigenvalue weighted by Gasteiger charge is 2.28. The van der Waals surface area contributed by atoms with Crippen molar-refractivity contribution >= 4 is 6.03 Å². The number of hydrogen-bond donors (Lipinski definition) is 2. The summed E-state index contributed by atoms with van der Waals surface area (Å²) >= 11 is 0. The van der Waals surface area contributed by atoms with Crippen molar-refractivity contribution in [3.8, 4) is 12.3 Å². The zero-order valence-electron chi connectivity index (χ0n) is 11.2. The maximum Gasteiger partial charge on any atom is 0.318 e. The van der Waals surface area contributed by atoms with Crippen LogP contribution in [-0.4, -0.2) is 65.8 Å². The largest absolute Gasteiger partial charge is 0.392 e. The molecule has 18 heavy (non-hydrogen) atoms. The van der Waals surface area contributed by atoms with Crippen molar-refractivity contribution in [3.05, 3.63) is 0 Å². The van der Waals surface area contributed by atoms with Gasteiger partial charge in [-0.3, -0.25) is 4.90 Å². The molecule has 0 radical (unpaired) electrons. The van der Waals surface area contributed by atoms with Crippen LogP contribution in [0.3, 0.4) is 0 Å². The van der Waals surface area contributed by atoms with Crippen LogP contribution in [-0.2, 0) is 0 Å². The molecule has 0 aromatic carbocycles. The number of urea groups is 1. The maximum absolute atomic E-state index is 11.8. The Morgan fingerprint density at radius 3 is 2.89 bits per heavy atom. The van der Waals surface area contributed by atoms with Gasteiger partial charge in [-0.25, -0.2) is 4.79 Å². The zero-order chi connectivity index (χ0) is 13.5. The molecule has 1 fully saturated rings. The van der Waals surface area contributed by atoms with Gasteiger partial charge in [0.2, 0.25) is 0 Å². The van der Waals surface area contributed by atoms with Crippen molar-refractivity contribution < 1.29 is 9.90 Å². The normalized spacial score (nSPS) is 22.3. The van der Waals surface area contributed by atoms with Crippen molar-refractivity contribution in [2.24, 2.45) is 0 Å². The number of β-amino-alcohol motifs (C(OH)–C–C–N with tert-alkyl or cyclic N) is 1. The molecule has 0 bridgehead atoms. The molecule has 102 valence electrons. The Bertz CT molecular complexity index is 312. The van der Waals surface area contributed by atoms with Crippen LogP contribution in [0.2, 0.25) is 0 Å². The molecule has 0 aromatic rings. The standard InChI is InChI=1S/C13H23N3O2/c1-4-6-14-13(18)16-8-7-15(9-11(3)17)12(5-2)10-16/h1,11-12,17H,5-10H2,2-3H3,(H,14,18)/t11-,12-/m0/s1. The van der Waals surface area contributed by atoms with Crippen molar-refractivity contribution in [2.75, 3.05) is 32.7 Å². The van der Waals surface area contributed by atoms with E-state index in [4.69, 9.17) is 6.42 Å². The van der Waals surface area contributed by atoms with Gasteiger partial charge < -0.3 is 15.3 Å². The monoisotopic (exact) mass is 253 g/mol. The minimum Gasteiger partial charge on any atom is -0.392 e. The smallest absolute Gasteiger partial charge is 0.318 e. The summed E-state index contributed by atoms with van der Waals surface area (Å²) in [5.41, 5.74) is 0. The third-order valence-electron chi connectivity index (χ3n) is 3.20. The number of hydrogen-bond acceptors (Lipinski definition) is 3. The fourth-order valence-electron chi connectivity index (χ4n) is 2.28. The predicted octanol–water partition coefficient (Wildman–Crippen LogP) is 0.106. The molecular weight excluding hydrogens is 230 g/mol. The van der Waals surface area contributed by atoms with Gasteiger partial charge in [-0.1, -0.05) is 12.8 Å². The summed E-state index contributed by atoms with van der Waals surface area (Å²) in [6.07, 6.45) is 5.75. The Kier molecular flexibility index (Phi) is 5.96. The van der Waals surface area contributed by atoms with E-state index < -0.39 is 0 Å². The molecule has 1 saturated heterocycles. The summed E-state index contributed by atoms with van der Waals surface area (Å²) in [4.78, 5) is 15.8. The molecule has 1 heterocycles. The van der Waals surface area contributed by atoms with E-state index in [-0.39, 0.29) is 18.7 Å². The molecule has 1 aliphatic heterocycles. The summed E-state index contributed by atoms with van der Waals surface area (Å²) in [6, 6.07) is 0.216. The average molecular weight is 253 g/mol. The molecule has 5 heteroatoms. The van der Waals surface area contributed by atoms with E-state index in [1.165, 1.54) is 0 Å². The number of piperazine rings is 1. The van der Waals surface area contributed by atoms with Crippen molar-refractivity contribution in [2.45, 2.75) is 32.4 Å². The molecular formula is C13H23N3O2. The van der Waals surface area contributed by atoms with Gasteiger partial charge in [0.15, 0.2) is 0 Å². The van der Waals surface area contributed by atoms with Gasteiger partial charge in [0.25, 0.3) is 0 Å². The molecule has 2 N–H and O–H groups in total. The molecule has 0 unspecified atom stereocenters. The summed E-state index contributed by atoms with van der Waals surface area (Å²) in [5.74, 6) is 2.40. The van der Waals surface area contributed by atoms with E-state index >= 15 is 0 Å². The van der Waals surface area contributed by atoms with E-state index in [0.717, 1.165) is 13.0 Å². The summed E-state index contributed by atoms with van der Waals surface area (Å²) in [7, 11) is 0. The van der Waals surface area contributed by atoms with Crippen molar-refractivity contribution in [1.29, 1.82) is 0 Å². The number of terminal acetylenes is 1. The van der Waals surface area contributed by atoms with Crippen LogP contribution in [0.15, 0.2) is 0 Å². The van der Waals surface area contributed by atoms with E-state index in [2.05, 4.69) is 23.1 Å². The van der Waals surface area contributed by atoms with Gasteiger partial charge in [-0.2, -0.15) is 0 Å². The highest BCUT2D eigenvalue weighted by Crippen LogP contribution is 2.13. The van der Waals surface area contributed by atoms with Crippen LogP contribution in [0, 0.1) is 12.3 Å². The van der Waals surface area contributed by atoms with Crippen LogP contribution in [0.25, 0.3) is 0 Å². The number of carbonyl (C=O) groups excluding carboxylic acids is 1. The molecule has 0 saturated carbocycles. The lowest BCUT2D eigenvalue weighted by molar-refractivity contribution is 0.0486. The fourth-order valence-corrected chi connectivity index (χ4v) is 2.28. The van der Waals surface area contributed by atoms with Crippen LogP contribution in [0.5, 0.6) is 0 Å². The number of amides is 2. The number of aliphatic hydroxyl groups excluding tert-OH is 1. The molecule has 1 aliphatic rings. The summed E-state index contributed by atoms with van der Waals surface area (Å²) in [5, 5.41) is 12.1. The predicted molar refractivity (Wildman–Crippen MR) is 71.1 cm³/mol. The minimum absolute atomic E-state index is 0.0944. The molecule has 2 atom stereocenters. The average Bonchev–Trinajstić information content (AvgIpc) is 2.35. The molecule has 0 aromatic heterocycles. The second-order valence-corrected chi connectivity index (χ2v) is 4.71.